The van der Waals surface area contributed by atoms with Gasteiger partial charge in [0.15, 0.2) is 0 Å². The lowest BCUT2D eigenvalue weighted by molar-refractivity contribution is -0.137. The number of rotatable bonds is 5. The fourth-order valence-electron chi connectivity index (χ4n) is 3.78. The van der Waals surface area contributed by atoms with Crippen LogP contribution in [-0.2, 0) is 37.8 Å². The minimum Gasteiger partial charge on any atom is -0.330 e. The highest BCUT2D eigenvalue weighted by molar-refractivity contribution is 7.09. The summed E-state index contributed by atoms with van der Waals surface area (Å²) in [6.07, 6.45) is 4.50. The summed E-state index contributed by atoms with van der Waals surface area (Å²) in [5.41, 5.74) is 4.72. The van der Waals surface area contributed by atoms with E-state index in [0.29, 0.717) is 13.1 Å². The van der Waals surface area contributed by atoms with Crippen molar-refractivity contribution in [3.63, 3.8) is 0 Å². The maximum atomic E-state index is 13.4. The molecular weight excluding hydrogens is 356 g/mol. The van der Waals surface area contributed by atoms with Crippen molar-refractivity contribution in [2.24, 2.45) is 13.0 Å². The molecule has 5 nitrogen and oxygen atoms in total. The van der Waals surface area contributed by atoms with Gasteiger partial charge in [-0.05, 0) is 43.4 Å². The standard InChI is InChI=1S/C21H24N4OS/c1-15-11-19(23-24(15)2)13-25(14-20-22-9-10-27-20)21(26)18-8-7-16-5-3-4-6-17(16)12-18/h3-6,9-11,18H,7-8,12-14H2,1-2H3/t18-/m0/s1. The van der Waals surface area contributed by atoms with Gasteiger partial charge < -0.3 is 4.90 Å². The van der Waals surface area contributed by atoms with Crippen LogP contribution in [-0.4, -0.2) is 25.6 Å². The van der Waals surface area contributed by atoms with E-state index >= 15 is 0 Å². The molecule has 0 N–H and O–H groups in total. The molecule has 2 aromatic heterocycles. The maximum Gasteiger partial charge on any atom is 0.226 e. The molecule has 2 heterocycles. The van der Waals surface area contributed by atoms with Crippen LogP contribution in [0.15, 0.2) is 41.9 Å². The van der Waals surface area contributed by atoms with Gasteiger partial charge >= 0.3 is 0 Å². The van der Waals surface area contributed by atoms with Gasteiger partial charge in [-0.1, -0.05) is 24.3 Å². The first-order valence-corrected chi connectivity index (χ1v) is 10.2. The van der Waals surface area contributed by atoms with E-state index < -0.39 is 0 Å². The van der Waals surface area contributed by atoms with Gasteiger partial charge in [-0.25, -0.2) is 4.98 Å². The lowest BCUT2D eigenvalue weighted by Gasteiger charge is -2.29. The van der Waals surface area contributed by atoms with Crippen molar-refractivity contribution < 1.29 is 4.79 Å². The molecule has 0 bridgehead atoms. The molecule has 0 fully saturated rings. The van der Waals surface area contributed by atoms with Crippen molar-refractivity contribution in [2.75, 3.05) is 0 Å². The van der Waals surface area contributed by atoms with E-state index in [1.165, 1.54) is 11.1 Å². The van der Waals surface area contributed by atoms with E-state index in [-0.39, 0.29) is 11.8 Å². The zero-order chi connectivity index (χ0) is 18.8. The molecule has 0 unspecified atom stereocenters. The first kappa shape index (κ1) is 17.9. The molecule has 0 aliphatic heterocycles. The lowest BCUT2D eigenvalue weighted by Crippen LogP contribution is -2.37. The van der Waals surface area contributed by atoms with Crippen LogP contribution in [0.4, 0.5) is 0 Å². The minimum absolute atomic E-state index is 0.0321. The lowest BCUT2D eigenvalue weighted by atomic mass is 9.83. The van der Waals surface area contributed by atoms with Crippen LogP contribution in [0.5, 0.6) is 0 Å². The first-order valence-electron chi connectivity index (χ1n) is 9.33. The predicted molar refractivity (Wildman–Crippen MR) is 106 cm³/mol. The molecule has 1 aliphatic rings. The Kier molecular flexibility index (Phi) is 5.07. The van der Waals surface area contributed by atoms with E-state index in [9.17, 15) is 4.79 Å². The second-order valence-electron chi connectivity index (χ2n) is 7.23. The highest BCUT2D eigenvalue weighted by Crippen LogP contribution is 2.28. The van der Waals surface area contributed by atoms with Crippen molar-refractivity contribution in [1.82, 2.24) is 19.7 Å². The van der Waals surface area contributed by atoms with Gasteiger partial charge in [-0.15, -0.1) is 11.3 Å². The van der Waals surface area contributed by atoms with Crippen LogP contribution in [0.3, 0.4) is 0 Å². The zero-order valence-electron chi connectivity index (χ0n) is 15.8. The Morgan fingerprint density at radius 3 is 2.81 bits per heavy atom. The van der Waals surface area contributed by atoms with Gasteiger partial charge in [-0.3, -0.25) is 9.48 Å². The van der Waals surface area contributed by atoms with Gasteiger partial charge in [0, 0.05) is 30.2 Å². The van der Waals surface area contributed by atoms with Gasteiger partial charge in [0.25, 0.3) is 0 Å². The summed E-state index contributed by atoms with van der Waals surface area (Å²) >= 11 is 1.59. The molecular formula is C21H24N4OS. The smallest absolute Gasteiger partial charge is 0.226 e. The summed E-state index contributed by atoms with van der Waals surface area (Å²) in [7, 11) is 1.93. The zero-order valence-corrected chi connectivity index (χ0v) is 16.6. The predicted octanol–water partition coefficient (Wildman–Crippen LogP) is 3.52. The Balaban J connectivity index is 1.55. The Hall–Kier alpha value is -2.47. The minimum atomic E-state index is 0.0321. The molecule has 140 valence electrons. The molecule has 4 rings (SSSR count). The Morgan fingerprint density at radius 1 is 1.30 bits per heavy atom. The normalized spacial score (nSPS) is 16.1. The van der Waals surface area contributed by atoms with E-state index in [1.807, 2.05) is 28.9 Å². The number of amides is 1. The highest BCUT2D eigenvalue weighted by atomic mass is 32.1. The monoisotopic (exact) mass is 380 g/mol. The van der Waals surface area contributed by atoms with Gasteiger partial charge in [0.1, 0.15) is 5.01 Å². The van der Waals surface area contributed by atoms with E-state index in [1.54, 1.807) is 17.5 Å². The fourth-order valence-corrected chi connectivity index (χ4v) is 4.41. The number of hydrogen-bond acceptors (Lipinski definition) is 4. The SMILES string of the molecule is Cc1cc(CN(Cc2nccs2)C(=O)[C@H]2CCc3ccccc3C2)nn1C. The van der Waals surface area contributed by atoms with Crippen LogP contribution in [0.1, 0.15) is 33.9 Å². The van der Waals surface area contributed by atoms with E-state index in [4.69, 9.17) is 0 Å². The summed E-state index contributed by atoms with van der Waals surface area (Å²) in [4.78, 5) is 19.7. The molecule has 27 heavy (non-hydrogen) atoms. The number of fused-ring (bicyclic) bond motifs is 1. The quantitative estimate of drug-likeness (QED) is 0.680. The number of benzene rings is 1. The van der Waals surface area contributed by atoms with Crippen LogP contribution in [0.25, 0.3) is 0 Å². The van der Waals surface area contributed by atoms with Crippen LogP contribution < -0.4 is 0 Å². The van der Waals surface area contributed by atoms with E-state index in [0.717, 1.165) is 35.7 Å². The first-order chi connectivity index (χ1) is 13.1. The Bertz CT molecular complexity index is 912. The van der Waals surface area contributed by atoms with Gasteiger partial charge in [0.05, 0.1) is 18.8 Å². The summed E-state index contributed by atoms with van der Waals surface area (Å²) in [6, 6.07) is 10.5. The summed E-state index contributed by atoms with van der Waals surface area (Å²) in [5.74, 6) is 0.243. The third-order valence-electron chi connectivity index (χ3n) is 5.33. The van der Waals surface area contributed by atoms with Crippen molar-refractivity contribution in [1.29, 1.82) is 0 Å². The number of carbonyl (C=O) groups excluding carboxylic acids is 1. The van der Waals surface area contributed by atoms with Crippen LogP contribution >= 0.6 is 11.3 Å². The molecule has 0 spiro atoms. The van der Waals surface area contributed by atoms with Crippen LogP contribution in [0.2, 0.25) is 0 Å². The van der Waals surface area contributed by atoms with Crippen LogP contribution in [0, 0.1) is 12.8 Å². The second kappa shape index (κ2) is 7.64. The fraction of sp³-hybridized carbons (Fsp3) is 0.381. The van der Waals surface area contributed by atoms with Gasteiger partial charge in [-0.2, -0.15) is 5.10 Å². The molecule has 0 radical (unpaired) electrons. The summed E-state index contributed by atoms with van der Waals surface area (Å²) in [5, 5.41) is 7.47. The van der Waals surface area contributed by atoms with Crippen molar-refractivity contribution in [2.45, 2.75) is 39.3 Å². The van der Waals surface area contributed by atoms with Crippen molar-refractivity contribution in [3.05, 3.63) is 69.4 Å². The number of thiazole rings is 1. The Morgan fingerprint density at radius 2 is 2.11 bits per heavy atom. The number of nitrogens with zero attached hydrogens (tertiary/aromatic N) is 4. The molecule has 6 heteroatoms. The summed E-state index contributed by atoms with van der Waals surface area (Å²) < 4.78 is 1.86. The van der Waals surface area contributed by atoms with E-state index in [2.05, 4.69) is 40.4 Å². The maximum absolute atomic E-state index is 13.4. The topological polar surface area (TPSA) is 51.0 Å². The largest absolute Gasteiger partial charge is 0.330 e. The van der Waals surface area contributed by atoms with Crippen molar-refractivity contribution >= 4 is 17.2 Å². The highest BCUT2D eigenvalue weighted by Gasteiger charge is 2.29. The molecule has 3 aromatic rings. The molecule has 1 amide bonds. The number of aryl methyl sites for hydroxylation is 3. The molecule has 0 saturated carbocycles. The second-order valence-corrected chi connectivity index (χ2v) is 8.21. The molecule has 1 aromatic carbocycles. The number of carbonyl (C=O) groups is 1. The van der Waals surface area contributed by atoms with Gasteiger partial charge in [0.2, 0.25) is 5.91 Å². The third-order valence-corrected chi connectivity index (χ3v) is 6.10. The Labute approximate surface area is 163 Å². The number of aromatic nitrogens is 3. The summed E-state index contributed by atoms with van der Waals surface area (Å²) in [6.45, 7) is 3.10. The average molecular weight is 381 g/mol. The molecule has 1 atom stereocenters. The molecule has 0 saturated heterocycles. The third kappa shape index (κ3) is 3.95. The molecule has 1 aliphatic carbocycles. The van der Waals surface area contributed by atoms with Crippen molar-refractivity contribution in [3.8, 4) is 0 Å². The average Bonchev–Trinajstić information content (AvgIpc) is 3.30. The number of hydrogen-bond donors (Lipinski definition) is 0.